The van der Waals surface area contributed by atoms with Gasteiger partial charge in [-0.2, -0.15) is 0 Å². The van der Waals surface area contributed by atoms with Gasteiger partial charge in [-0.25, -0.2) is 4.79 Å². The van der Waals surface area contributed by atoms with Gasteiger partial charge in [0.25, 0.3) is 5.91 Å². The van der Waals surface area contributed by atoms with Crippen molar-refractivity contribution in [1.29, 1.82) is 0 Å². The number of esters is 1. The average Bonchev–Trinajstić information content (AvgIpc) is 2.60. The van der Waals surface area contributed by atoms with Crippen molar-refractivity contribution in [2.24, 2.45) is 0 Å². The third-order valence-corrected chi connectivity index (χ3v) is 3.45. The molecule has 2 aromatic carbocycles. The molecule has 0 radical (unpaired) electrons. The maximum atomic E-state index is 11.9. The maximum Gasteiger partial charge on any atom is 0.338 e. The molecule has 0 saturated heterocycles. The second kappa shape index (κ2) is 8.63. The van der Waals surface area contributed by atoms with Gasteiger partial charge in [-0.15, -0.1) is 0 Å². The molecule has 1 atom stereocenters. The quantitative estimate of drug-likeness (QED) is 0.792. The molecule has 0 aliphatic carbocycles. The summed E-state index contributed by atoms with van der Waals surface area (Å²) < 4.78 is 5.01. The Bertz CT molecular complexity index is 742. The van der Waals surface area contributed by atoms with E-state index in [0.717, 1.165) is 5.56 Å². The lowest BCUT2D eigenvalue weighted by atomic mass is 10.1. The molecule has 2 N–H and O–H groups in total. The molecule has 0 unspecified atom stereocenters. The molecule has 2 aromatic rings. The monoisotopic (exact) mass is 340 g/mol. The summed E-state index contributed by atoms with van der Waals surface area (Å²) in [7, 11) is 0. The highest BCUT2D eigenvalue weighted by Gasteiger charge is 2.13. The molecular formula is C19H20N2O4. The molecule has 0 bridgehead atoms. The van der Waals surface area contributed by atoms with E-state index in [4.69, 9.17) is 4.74 Å². The second-order valence-electron chi connectivity index (χ2n) is 5.53. The third-order valence-electron chi connectivity index (χ3n) is 3.45. The molecular weight excluding hydrogens is 320 g/mol. The van der Waals surface area contributed by atoms with Crippen LogP contribution in [0, 0.1) is 0 Å². The molecule has 25 heavy (non-hydrogen) atoms. The molecule has 2 amide bonds. The zero-order valence-electron chi connectivity index (χ0n) is 14.1. The number of carbonyl (C=O) groups excluding carboxylic acids is 3. The van der Waals surface area contributed by atoms with E-state index in [1.54, 1.807) is 12.1 Å². The molecule has 0 spiro atoms. The van der Waals surface area contributed by atoms with Gasteiger partial charge in [0.05, 0.1) is 11.6 Å². The van der Waals surface area contributed by atoms with Crippen LogP contribution < -0.4 is 10.6 Å². The van der Waals surface area contributed by atoms with E-state index in [1.807, 2.05) is 37.3 Å². The number of hydrogen-bond acceptors (Lipinski definition) is 4. The van der Waals surface area contributed by atoms with Crippen molar-refractivity contribution in [2.75, 3.05) is 11.9 Å². The Balaban J connectivity index is 1.82. The number of amides is 2. The van der Waals surface area contributed by atoms with Gasteiger partial charge in [-0.3, -0.25) is 9.59 Å². The summed E-state index contributed by atoms with van der Waals surface area (Å²) in [5, 5.41) is 5.37. The Morgan fingerprint density at radius 3 is 2.24 bits per heavy atom. The van der Waals surface area contributed by atoms with E-state index >= 15 is 0 Å². The lowest BCUT2D eigenvalue weighted by Crippen LogP contribution is -2.31. The molecule has 2 rings (SSSR count). The lowest BCUT2D eigenvalue weighted by Gasteiger charge is -2.14. The summed E-state index contributed by atoms with van der Waals surface area (Å²) in [4.78, 5) is 34.8. The predicted octanol–water partition coefficient (Wildman–Crippen LogP) is 2.68. The Labute approximate surface area is 146 Å². The number of rotatable bonds is 6. The lowest BCUT2D eigenvalue weighted by molar-refractivity contribution is -0.124. The normalized spacial score (nSPS) is 11.3. The van der Waals surface area contributed by atoms with Gasteiger partial charge in [0, 0.05) is 12.6 Å². The first-order valence-corrected chi connectivity index (χ1v) is 7.85. The average molecular weight is 340 g/mol. The van der Waals surface area contributed by atoms with Crippen LogP contribution in [0.3, 0.4) is 0 Å². The van der Waals surface area contributed by atoms with Crippen molar-refractivity contribution < 1.29 is 19.1 Å². The van der Waals surface area contributed by atoms with Crippen molar-refractivity contribution in [3.8, 4) is 0 Å². The van der Waals surface area contributed by atoms with Crippen molar-refractivity contribution in [2.45, 2.75) is 19.9 Å². The van der Waals surface area contributed by atoms with Crippen molar-refractivity contribution >= 4 is 23.5 Å². The number of ether oxygens (including phenoxy) is 1. The molecule has 0 aliphatic heterocycles. The minimum absolute atomic E-state index is 0.177. The highest BCUT2D eigenvalue weighted by atomic mass is 16.5. The first-order valence-electron chi connectivity index (χ1n) is 7.85. The van der Waals surface area contributed by atoms with Gasteiger partial charge < -0.3 is 15.4 Å². The Hall–Kier alpha value is -3.15. The number of carbonyl (C=O) groups is 3. The molecule has 0 heterocycles. The number of nitrogens with one attached hydrogen (secondary N) is 2. The third kappa shape index (κ3) is 5.76. The second-order valence-corrected chi connectivity index (χ2v) is 5.53. The van der Waals surface area contributed by atoms with E-state index in [2.05, 4.69) is 10.6 Å². The van der Waals surface area contributed by atoms with Crippen LogP contribution in [-0.4, -0.2) is 24.4 Å². The van der Waals surface area contributed by atoms with Crippen molar-refractivity contribution in [1.82, 2.24) is 5.32 Å². The van der Waals surface area contributed by atoms with Crippen LogP contribution in [0.5, 0.6) is 0 Å². The summed E-state index contributed by atoms with van der Waals surface area (Å²) in [6.45, 7) is 2.90. The molecule has 0 saturated carbocycles. The van der Waals surface area contributed by atoms with Crippen LogP contribution in [0.15, 0.2) is 54.6 Å². The topological polar surface area (TPSA) is 84.5 Å². The standard InChI is InChI=1S/C19H20N2O4/c1-13(15-6-4-3-5-7-15)20-18(23)12-25-19(24)16-8-10-17(11-9-16)21-14(2)22/h3-11,13H,12H2,1-2H3,(H,20,23)(H,21,22)/t13-/m0/s1. The first kappa shape index (κ1) is 18.2. The van der Waals surface area contributed by atoms with Crippen molar-refractivity contribution in [3.63, 3.8) is 0 Å². The summed E-state index contributed by atoms with van der Waals surface area (Å²) in [5.41, 5.74) is 1.85. The Morgan fingerprint density at radius 2 is 1.64 bits per heavy atom. The molecule has 0 fully saturated rings. The fourth-order valence-corrected chi connectivity index (χ4v) is 2.22. The Kier molecular flexibility index (Phi) is 6.28. The number of benzene rings is 2. The molecule has 6 nitrogen and oxygen atoms in total. The van der Waals surface area contributed by atoms with E-state index in [-0.39, 0.29) is 24.5 Å². The van der Waals surface area contributed by atoms with E-state index < -0.39 is 5.97 Å². The molecule has 0 aromatic heterocycles. The summed E-state index contributed by atoms with van der Waals surface area (Å²) in [5.74, 6) is -1.17. The van der Waals surface area contributed by atoms with Crippen LogP contribution in [-0.2, 0) is 14.3 Å². The van der Waals surface area contributed by atoms with Gasteiger partial charge in [0.1, 0.15) is 0 Å². The van der Waals surface area contributed by atoms with E-state index in [9.17, 15) is 14.4 Å². The molecule has 130 valence electrons. The van der Waals surface area contributed by atoms with E-state index in [0.29, 0.717) is 11.3 Å². The smallest absolute Gasteiger partial charge is 0.338 e. The zero-order valence-corrected chi connectivity index (χ0v) is 14.1. The highest BCUT2D eigenvalue weighted by molar-refractivity contribution is 5.93. The minimum Gasteiger partial charge on any atom is -0.452 e. The van der Waals surface area contributed by atoms with Gasteiger partial charge in [0.15, 0.2) is 6.61 Å². The van der Waals surface area contributed by atoms with Crippen molar-refractivity contribution in [3.05, 3.63) is 65.7 Å². The number of hydrogen-bond donors (Lipinski definition) is 2. The van der Waals surface area contributed by atoms with E-state index in [1.165, 1.54) is 19.1 Å². The first-order chi connectivity index (χ1) is 12.0. The summed E-state index contributed by atoms with van der Waals surface area (Å²) >= 11 is 0. The molecule has 6 heteroatoms. The van der Waals surface area contributed by atoms with Gasteiger partial charge >= 0.3 is 5.97 Å². The van der Waals surface area contributed by atoms with Crippen LogP contribution in [0.2, 0.25) is 0 Å². The maximum absolute atomic E-state index is 11.9. The van der Waals surface area contributed by atoms with Crippen LogP contribution in [0.25, 0.3) is 0 Å². The fraction of sp³-hybridized carbons (Fsp3) is 0.211. The van der Waals surface area contributed by atoms with Crippen LogP contribution >= 0.6 is 0 Å². The zero-order chi connectivity index (χ0) is 18.2. The van der Waals surface area contributed by atoms with Gasteiger partial charge in [0.2, 0.25) is 5.91 Å². The van der Waals surface area contributed by atoms with Crippen LogP contribution in [0.4, 0.5) is 5.69 Å². The largest absolute Gasteiger partial charge is 0.452 e. The minimum atomic E-state index is -0.600. The Morgan fingerprint density at radius 1 is 1.00 bits per heavy atom. The van der Waals surface area contributed by atoms with Gasteiger partial charge in [-0.05, 0) is 36.8 Å². The predicted molar refractivity (Wildman–Crippen MR) is 94.0 cm³/mol. The summed E-state index contributed by atoms with van der Waals surface area (Å²) in [6.07, 6.45) is 0. The SMILES string of the molecule is CC(=O)Nc1ccc(C(=O)OCC(=O)N[C@@H](C)c2ccccc2)cc1. The molecule has 0 aliphatic rings. The number of anilines is 1. The highest BCUT2D eigenvalue weighted by Crippen LogP contribution is 2.12. The summed E-state index contributed by atoms with van der Waals surface area (Å²) in [6, 6.07) is 15.6. The van der Waals surface area contributed by atoms with Crippen LogP contribution in [0.1, 0.15) is 35.8 Å². The van der Waals surface area contributed by atoms with Gasteiger partial charge in [-0.1, -0.05) is 30.3 Å². The fourth-order valence-electron chi connectivity index (χ4n) is 2.22.